The summed E-state index contributed by atoms with van der Waals surface area (Å²) in [5.74, 6) is 6.14. The van der Waals surface area contributed by atoms with E-state index in [-0.39, 0.29) is 0 Å². The maximum Gasteiger partial charge on any atom is 0.114 e. The number of rotatable bonds is 0. The molecular formula is C17H12N2. The normalized spacial score (nSPS) is 9.89. The van der Waals surface area contributed by atoms with Crippen molar-refractivity contribution in [1.82, 2.24) is 4.98 Å². The maximum absolute atomic E-state index is 5.72. The first kappa shape index (κ1) is 11.3. The molecule has 2 aromatic carbocycles. The summed E-state index contributed by atoms with van der Waals surface area (Å²) in [4.78, 5) is 4.51. The second-order valence-electron chi connectivity index (χ2n) is 4.26. The van der Waals surface area contributed by atoms with Crippen molar-refractivity contribution in [2.45, 2.75) is 0 Å². The largest absolute Gasteiger partial charge is 0.399 e. The molecule has 0 radical (unpaired) electrons. The van der Waals surface area contributed by atoms with Crippen molar-refractivity contribution >= 4 is 16.6 Å². The highest BCUT2D eigenvalue weighted by Gasteiger charge is 1.94. The predicted molar refractivity (Wildman–Crippen MR) is 78.6 cm³/mol. The standard InChI is InChI=1S/C17H12N2/c18-15-6-3-4-13(12-15)8-10-16-11-9-14-5-1-2-7-17(14)19-16/h1-7,9,11-12H,18H2. The third kappa shape index (κ3) is 2.56. The van der Waals surface area contributed by atoms with Gasteiger partial charge in [-0.3, -0.25) is 0 Å². The van der Waals surface area contributed by atoms with Crippen molar-refractivity contribution in [3.8, 4) is 11.8 Å². The number of benzene rings is 2. The van der Waals surface area contributed by atoms with Crippen LogP contribution in [0.5, 0.6) is 0 Å². The molecule has 0 saturated heterocycles. The van der Waals surface area contributed by atoms with Gasteiger partial charge in [-0.2, -0.15) is 0 Å². The van der Waals surface area contributed by atoms with Crippen LogP contribution >= 0.6 is 0 Å². The summed E-state index contributed by atoms with van der Waals surface area (Å²) in [5, 5.41) is 1.12. The number of hydrogen-bond donors (Lipinski definition) is 1. The van der Waals surface area contributed by atoms with E-state index < -0.39 is 0 Å². The van der Waals surface area contributed by atoms with Gasteiger partial charge in [0.15, 0.2) is 0 Å². The minimum atomic E-state index is 0.721. The summed E-state index contributed by atoms with van der Waals surface area (Å²) in [6.45, 7) is 0. The SMILES string of the molecule is Nc1cccc(C#Cc2ccc3ccccc3n2)c1. The van der Waals surface area contributed by atoms with Crippen LogP contribution in [0.3, 0.4) is 0 Å². The minimum Gasteiger partial charge on any atom is -0.399 e. The second kappa shape index (κ2) is 4.83. The third-order valence-electron chi connectivity index (χ3n) is 2.82. The Bertz CT molecular complexity index is 795. The van der Waals surface area contributed by atoms with Crippen LogP contribution in [0, 0.1) is 11.8 Å². The van der Waals surface area contributed by atoms with Crippen LogP contribution in [-0.4, -0.2) is 4.98 Å². The van der Waals surface area contributed by atoms with Gasteiger partial charge in [-0.25, -0.2) is 4.98 Å². The van der Waals surface area contributed by atoms with Crippen molar-refractivity contribution in [3.05, 3.63) is 71.9 Å². The van der Waals surface area contributed by atoms with Gasteiger partial charge in [0.05, 0.1) is 5.52 Å². The van der Waals surface area contributed by atoms with Crippen LogP contribution in [0.1, 0.15) is 11.3 Å². The molecule has 0 saturated carbocycles. The lowest BCUT2D eigenvalue weighted by molar-refractivity contribution is 1.36. The Morgan fingerprint density at radius 1 is 0.842 bits per heavy atom. The Hall–Kier alpha value is -2.79. The predicted octanol–water partition coefficient (Wildman–Crippen LogP) is 3.22. The molecular weight excluding hydrogens is 232 g/mol. The van der Waals surface area contributed by atoms with E-state index in [9.17, 15) is 0 Å². The van der Waals surface area contributed by atoms with Gasteiger partial charge in [0.25, 0.3) is 0 Å². The molecule has 1 aromatic heterocycles. The number of anilines is 1. The van der Waals surface area contributed by atoms with Crippen LogP contribution in [0.15, 0.2) is 60.7 Å². The van der Waals surface area contributed by atoms with Crippen LogP contribution in [-0.2, 0) is 0 Å². The number of para-hydroxylation sites is 1. The van der Waals surface area contributed by atoms with Gasteiger partial charge in [-0.1, -0.05) is 36.3 Å². The number of fused-ring (bicyclic) bond motifs is 1. The van der Waals surface area contributed by atoms with Gasteiger partial charge in [-0.15, -0.1) is 0 Å². The molecule has 0 unspecified atom stereocenters. The lowest BCUT2D eigenvalue weighted by atomic mass is 10.2. The van der Waals surface area contributed by atoms with Gasteiger partial charge in [0.2, 0.25) is 0 Å². The zero-order chi connectivity index (χ0) is 13.1. The Balaban J connectivity index is 1.98. The molecule has 0 spiro atoms. The monoisotopic (exact) mass is 244 g/mol. The molecule has 0 atom stereocenters. The molecule has 90 valence electrons. The lowest BCUT2D eigenvalue weighted by Gasteiger charge is -1.96. The molecule has 0 aliphatic rings. The third-order valence-corrected chi connectivity index (χ3v) is 2.82. The van der Waals surface area contributed by atoms with Crippen molar-refractivity contribution in [2.75, 3.05) is 5.73 Å². The molecule has 3 rings (SSSR count). The Morgan fingerprint density at radius 2 is 1.74 bits per heavy atom. The van der Waals surface area contributed by atoms with Crippen LogP contribution in [0.2, 0.25) is 0 Å². The average molecular weight is 244 g/mol. The lowest BCUT2D eigenvalue weighted by Crippen LogP contribution is -1.86. The minimum absolute atomic E-state index is 0.721. The second-order valence-corrected chi connectivity index (χ2v) is 4.26. The van der Waals surface area contributed by atoms with Gasteiger partial charge in [0, 0.05) is 16.6 Å². The molecule has 3 aromatic rings. The first-order valence-electron chi connectivity index (χ1n) is 6.05. The fourth-order valence-corrected chi connectivity index (χ4v) is 1.89. The van der Waals surface area contributed by atoms with Crippen LogP contribution < -0.4 is 5.73 Å². The summed E-state index contributed by atoms with van der Waals surface area (Å²) in [5.41, 5.74) is 9.06. The number of aromatic nitrogens is 1. The van der Waals surface area contributed by atoms with E-state index in [1.54, 1.807) is 0 Å². The molecule has 0 amide bonds. The number of hydrogen-bond acceptors (Lipinski definition) is 2. The van der Waals surface area contributed by atoms with E-state index in [2.05, 4.69) is 16.8 Å². The average Bonchev–Trinajstić information content (AvgIpc) is 2.45. The fraction of sp³-hybridized carbons (Fsp3) is 0. The van der Waals surface area contributed by atoms with Gasteiger partial charge < -0.3 is 5.73 Å². The summed E-state index contributed by atoms with van der Waals surface area (Å²) < 4.78 is 0. The molecule has 0 fully saturated rings. The van der Waals surface area contributed by atoms with E-state index in [0.29, 0.717) is 0 Å². The topological polar surface area (TPSA) is 38.9 Å². The van der Waals surface area contributed by atoms with E-state index >= 15 is 0 Å². The first-order chi connectivity index (χ1) is 9.31. The van der Waals surface area contributed by atoms with Crippen LogP contribution in [0.25, 0.3) is 10.9 Å². The molecule has 0 bridgehead atoms. The van der Waals surface area contributed by atoms with Gasteiger partial charge in [-0.05, 0) is 36.3 Å². The highest BCUT2D eigenvalue weighted by molar-refractivity contribution is 5.78. The molecule has 2 N–H and O–H groups in total. The van der Waals surface area contributed by atoms with Gasteiger partial charge in [0.1, 0.15) is 5.69 Å². The quantitative estimate of drug-likeness (QED) is 0.487. The van der Waals surface area contributed by atoms with Crippen LogP contribution in [0.4, 0.5) is 5.69 Å². The van der Waals surface area contributed by atoms with E-state index in [1.165, 1.54) is 0 Å². The van der Waals surface area contributed by atoms with Crippen molar-refractivity contribution in [2.24, 2.45) is 0 Å². The van der Waals surface area contributed by atoms with E-state index in [0.717, 1.165) is 27.8 Å². The zero-order valence-corrected chi connectivity index (χ0v) is 10.3. The summed E-state index contributed by atoms with van der Waals surface area (Å²) in [6.07, 6.45) is 0. The van der Waals surface area contributed by atoms with E-state index in [4.69, 9.17) is 5.73 Å². The van der Waals surface area contributed by atoms with Crippen molar-refractivity contribution in [1.29, 1.82) is 0 Å². The number of nitrogens with zero attached hydrogens (tertiary/aromatic N) is 1. The van der Waals surface area contributed by atoms with Crippen molar-refractivity contribution in [3.63, 3.8) is 0 Å². The summed E-state index contributed by atoms with van der Waals surface area (Å²) in [6, 6.07) is 19.5. The molecule has 19 heavy (non-hydrogen) atoms. The highest BCUT2D eigenvalue weighted by Crippen LogP contribution is 2.11. The Kier molecular flexibility index (Phi) is 2.88. The highest BCUT2D eigenvalue weighted by atomic mass is 14.7. The Labute approximate surface area is 111 Å². The van der Waals surface area contributed by atoms with Crippen molar-refractivity contribution < 1.29 is 0 Å². The zero-order valence-electron chi connectivity index (χ0n) is 10.3. The number of pyridine rings is 1. The molecule has 0 aliphatic carbocycles. The smallest absolute Gasteiger partial charge is 0.114 e. The number of nitrogen functional groups attached to an aromatic ring is 1. The molecule has 1 heterocycles. The number of nitrogens with two attached hydrogens (primary N) is 1. The summed E-state index contributed by atoms with van der Waals surface area (Å²) in [7, 11) is 0. The summed E-state index contributed by atoms with van der Waals surface area (Å²) >= 11 is 0. The Morgan fingerprint density at radius 3 is 2.63 bits per heavy atom. The maximum atomic E-state index is 5.72. The first-order valence-corrected chi connectivity index (χ1v) is 6.05. The fourth-order valence-electron chi connectivity index (χ4n) is 1.89. The molecule has 2 nitrogen and oxygen atoms in total. The van der Waals surface area contributed by atoms with E-state index in [1.807, 2.05) is 60.7 Å². The molecule has 2 heteroatoms. The molecule has 0 aliphatic heterocycles. The van der Waals surface area contributed by atoms with Gasteiger partial charge >= 0.3 is 0 Å².